The molecule has 0 aliphatic rings. The molecule has 0 fully saturated rings. The van der Waals surface area contributed by atoms with Gasteiger partial charge in [0.2, 0.25) is 0 Å². The third-order valence-corrected chi connectivity index (χ3v) is 3.72. The van der Waals surface area contributed by atoms with E-state index < -0.39 is 0 Å². The highest BCUT2D eigenvalue weighted by Gasteiger charge is 2.13. The van der Waals surface area contributed by atoms with Crippen LogP contribution >= 0.6 is 0 Å². The highest BCUT2D eigenvalue weighted by molar-refractivity contribution is 5.28. The van der Waals surface area contributed by atoms with Gasteiger partial charge in [-0.05, 0) is 42.7 Å². The fraction of sp³-hybridized carbons (Fsp3) is 0.333. The molecule has 2 N–H and O–H groups in total. The van der Waals surface area contributed by atoms with Crippen molar-refractivity contribution >= 4 is 0 Å². The van der Waals surface area contributed by atoms with Gasteiger partial charge in [-0.2, -0.15) is 0 Å². The van der Waals surface area contributed by atoms with Gasteiger partial charge in [0.15, 0.2) is 0 Å². The lowest BCUT2D eigenvalue weighted by Gasteiger charge is -2.27. The molecule has 2 rings (SSSR count). The lowest BCUT2D eigenvalue weighted by atomic mass is 10.1. The Labute approximate surface area is 126 Å². The third kappa shape index (κ3) is 4.38. The van der Waals surface area contributed by atoms with Crippen molar-refractivity contribution in [3.05, 3.63) is 71.0 Å². The summed E-state index contributed by atoms with van der Waals surface area (Å²) in [5.74, 6) is -0.224. The summed E-state index contributed by atoms with van der Waals surface area (Å²) in [6, 6.07) is 15.7. The Morgan fingerprint density at radius 3 is 2.33 bits per heavy atom. The van der Waals surface area contributed by atoms with Crippen molar-refractivity contribution in [3.63, 3.8) is 0 Å². The molecule has 112 valence electrons. The first kappa shape index (κ1) is 15.7. The molecular weight excluding hydrogens is 263 g/mol. The summed E-state index contributed by atoms with van der Waals surface area (Å²) in [4.78, 5) is 2.36. The smallest absolute Gasteiger partial charge is 0.123 e. The SMILES string of the molecule is CC(C)N(Cc1ccccc1)Cc1ccc(F)cc1CN. The van der Waals surface area contributed by atoms with Gasteiger partial charge in [-0.3, -0.25) is 4.90 Å². The molecule has 0 aliphatic heterocycles. The van der Waals surface area contributed by atoms with E-state index in [9.17, 15) is 4.39 Å². The molecule has 2 nitrogen and oxygen atoms in total. The average Bonchev–Trinajstić information content (AvgIpc) is 2.49. The molecule has 2 aromatic rings. The molecule has 2 aromatic carbocycles. The molecule has 0 radical (unpaired) electrons. The second kappa shape index (κ2) is 7.34. The molecular formula is C18H23FN2. The van der Waals surface area contributed by atoms with Gasteiger partial charge in [0.1, 0.15) is 5.82 Å². The first-order valence-electron chi connectivity index (χ1n) is 7.35. The monoisotopic (exact) mass is 286 g/mol. The second-order valence-electron chi connectivity index (χ2n) is 5.60. The molecule has 0 aliphatic carbocycles. The number of nitrogens with two attached hydrogens (primary N) is 1. The van der Waals surface area contributed by atoms with Crippen molar-refractivity contribution in [1.29, 1.82) is 0 Å². The quantitative estimate of drug-likeness (QED) is 0.877. The van der Waals surface area contributed by atoms with Crippen LogP contribution in [0.5, 0.6) is 0 Å². The first-order valence-corrected chi connectivity index (χ1v) is 7.35. The summed E-state index contributed by atoms with van der Waals surface area (Å²) in [5.41, 5.74) is 9.00. The Balaban J connectivity index is 2.17. The first-order chi connectivity index (χ1) is 10.1. The van der Waals surface area contributed by atoms with E-state index in [1.807, 2.05) is 12.1 Å². The van der Waals surface area contributed by atoms with Crippen LogP contribution < -0.4 is 5.73 Å². The summed E-state index contributed by atoms with van der Waals surface area (Å²) >= 11 is 0. The van der Waals surface area contributed by atoms with Gasteiger partial charge < -0.3 is 5.73 Å². The maximum Gasteiger partial charge on any atom is 0.123 e. The Bertz CT molecular complexity index is 567. The van der Waals surface area contributed by atoms with Crippen molar-refractivity contribution in [2.24, 2.45) is 5.73 Å². The molecule has 0 saturated carbocycles. The van der Waals surface area contributed by atoms with Gasteiger partial charge in [-0.15, -0.1) is 0 Å². The number of hydrogen-bond donors (Lipinski definition) is 1. The van der Waals surface area contributed by atoms with Gasteiger partial charge in [0.25, 0.3) is 0 Å². The number of nitrogens with zero attached hydrogens (tertiary/aromatic N) is 1. The Morgan fingerprint density at radius 2 is 1.71 bits per heavy atom. The molecule has 21 heavy (non-hydrogen) atoms. The van der Waals surface area contributed by atoms with E-state index in [4.69, 9.17) is 5.73 Å². The topological polar surface area (TPSA) is 29.3 Å². The summed E-state index contributed by atoms with van der Waals surface area (Å²) in [7, 11) is 0. The van der Waals surface area contributed by atoms with E-state index in [2.05, 4.69) is 43.0 Å². The standard InChI is InChI=1S/C18H23FN2/c1-14(2)21(12-15-6-4-3-5-7-15)13-16-8-9-18(19)10-17(16)11-20/h3-10,14H,11-13,20H2,1-2H3. The maximum atomic E-state index is 13.3. The third-order valence-electron chi connectivity index (χ3n) is 3.72. The minimum atomic E-state index is -0.224. The zero-order chi connectivity index (χ0) is 15.2. The zero-order valence-corrected chi connectivity index (χ0v) is 12.7. The predicted octanol–water partition coefficient (Wildman–Crippen LogP) is 3.70. The van der Waals surface area contributed by atoms with Crippen LogP contribution in [0.4, 0.5) is 4.39 Å². The van der Waals surface area contributed by atoms with E-state index in [-0.39, 0.29) is 5.82 Å². The summed E-state index contributed by atoms with van der Waals surface area (Å²) in [6.07, 6.45) is 0. The normalized spacial score (nSPS) is 11.3. The van der Waals surface area contributed by atoms with Crippen LogP contribution in [-0.4, -0.2) is 10.9 Å². The predicted molar refractivity (Wildman–Crippen MR) is 85.1 cm³/mol. The van der Waals surface area contributed by atoms with Crippen LogP contribution in [-0.2, 0) is 19.6 Å². The molecule has 0 aromatic heterocycles. The Kier molecular flexibility index (Phi) is 5.48. The minimum Gasteiger partial charge on any atom is -0.326 e. The van der Waals surface area contributed by atoms with Crippen molar-refractivity contribution < 1.29 is 4.39 Å². The van der Waals surface area contributed by atoms with Gasteiger partial charge >= 0.3 is 0 Å². The van der Waals surface area contributed by atoms with Crippen LogP contribution in [0.2, 0.25) is 0 Å². The summed E-state index contributed by atoms with van der Waals surface area (Å²) in [5, 5.41) is 0. The summed E-state index contributed by atoms with van der Waals surface area (Å²) < 4.78 is 13.3. The zero-order valence-electron chi connectivity index (χ0n) is 12.7. The van der Waals surface area contributed by atoms with Gasteiger partial charge in [-0.1, -0.05) is 36.4 Å². The van der Waals surface area contributed by atoms with E-state index in [0.717, 1.165) is 24.2 Å². The molecule has 3 heteroatoms. The maximum absolute atomic E-state index is 13.3. The molecule has 0 amide bonds. The molecule has 0 saturated heterocycles. The lowest BCUT2D eigenvalue weighted by molar-refractivity contribution is 0.203. The van der Waals surface area contributed by atoms with E-state index in [1.165, 1.54) is 17.7 Å². The van der Waals surface area contributed by atoms with Gasteiger partial charge in [-0.25, -0.2) is 4.39 Å². The minimum absolute atomic E-state index is 0.224. The van der Waals surface area contributed by atoms with Crippen molar-refractivity contribution in [2.75, 3.05) is 0 Å². The molecule has 0 spiro atoms. The van der Waals surface area contributed by atoms with Crippen LogP contribution in [0.1, 0.15) is 30.5 Å². The fourth-order valence-electron chi connectivity index (χ4n) is 2.40. The van der Waals surface area contributed by atoms with Crippen molar-refractivity contribution in [3.8, 4) is 0 Å². The Morgan fingerprint density at radius 1 is 1.00 bits per heavy atom. The van der Waals surface area contributed by atoms with Crippen LogP contribution in [0.25, 0.3) is 0 Å². The highest BCUT2D eigenvalue weighted by Crippen LogP contribution is 2.17. The van der Waals surface area contributed by atoms with Gasteiger partial charge in [0.05, 0.1) is 0 Å². The fourth-order valence-corrected chi connectivity index (χ4v) is 2.40. The van der Waals surface area contributed by atoms with Crippen LogP contribution in [0, 0.1) is 5.82 Å². The van der Waals surface area contributed by atoms with Crippen LogP contribution in [0.15, 0.2) is 48.5 Å². The number of halogens is 1. The van der Waals surface area contributed by atoms with Gasteiger partial charge in [0, 0.05) is 25.7 Å². The van der Waals surface area contributed by atoms with E-state index in [0.29, 0.717) is 12.6 Å². The lowest BCUT2D eigenvalue weighted by Crippen LogP contribution is -2.30. The molecule has 0 atom stereocenters. The summed E-state index contributed by atoms with van der Waals surface area (Å²) in [6.45, 7) is 6.37. The molecule has 0 heterocycles. The number of rotatable bonds is 6. The Hall–Kier alpha value is -1.71. The van der Waals surface area contributed by atoms with Crippen molar-refractivity contribution in [2.45, 2.75) is 39.5 Å². The second-order valence-corrected chi connectivity index (χ2v) is 5.60. The van der Waals surface area contributed by atoms with E-state index >= 15 is 0 Å². The van der Waals surface area contributed by atoms with Crippen LogP contribution in [0.3, 0.4) is 0 Å². The highest BCUT2D eigenvalue weighted by atomic mass is 19.1. The van der Waals surface area contributed by atoms with E-state index in [1.54, 1.807) is 0 Å². The number of benzene rings is 2. The molecule has 0 unspecified atom stereocenters. The van der Waals surface area contributed by atoms with Crippen molar-refractivity contribution in [1.82, 2.24) is 4.90 Å². The molecule has 0 bridgehead atoms. The largest absolute Gasteiger partial charge is 0.326 e. The average molecular weight is 286 g/mol. The number of hydrogen-bond acceptors (Lipinski definition) is 2.